The number of imidazole rings is 1. The van der Waals surface area contributed by atoms with Gasteiger partial charge in [-0.15, -0.1) is 0 Å². The number of fused-ring (bicyclic) bond motifs is 2. The topological polar surface area (TPSA) is 179 Å². The lowest BCUT2D eigenvalue weighted by Crippen LogP contribution is -2.41. The lowest BCUT2D eigenvalue weighted by Gasteiger charge is -2.34. The number of aromatic nitrogens is 7. The Kier molecular flexibility index (Phi) is 9.82. The van der Waals surface area contributed by atoms with Crippen LogP contribution in [-0.4, -0.2) is 74.1 Å². The molecule has 2 N–H and O–H groups in total. The maximum Gasteiger partial charge on any atom is 0.438 e. The maximum absolute atomic E-state index is 15.8. The van der Waals surface area contributed by atoms with E-state index in [-0.39, 0.29) is 40.5 Å². The molecule has 1 saturated carbocycles. The number of nitrogens with zero attached hydrogens (tertiary/aromatic N) is 7. The molecular formula is C46H47F2N9O6S. The summed E-state index contributed by atoms with van der Waals surface area (Å²) < 4.78 is 68.5. The molecule has 6 heterocycles. The van der Waals surface area contributed by atoms with E-state index in [0.29, 0.717) is 77.4 Å². The first kappa shape index (κ1) is 41.6. The number of carbonyl (C=O) groups excluding carboxylic acids is 1. The van der Waals surface area contributed by atoms with Gasteiger partial charge in [-0.1, -0.05) is 25.1 Å². The quantitative estimate of drug-likeness (QED) is 0.153. The number of benzene rings is 3. The molecule has 10 rings (SSSR count). The number of H-pyrrole nitrogens is 1. The van der Waals surface area contributed by atoms with Gasteiger partial charge in [-0.2, -0.15) is 5.10 Å². The van der Waals surface area contributed by atoms with Crippen molar-refractivity contribution in [1.29, 1.82) is 4.78 Å². The van der Waals surface area contributed by atoms with Gasteiger partial charge in [0.1, 0.15) is 28.7 Å². The normalized spacial score (nSPS) is 21.0. The highest BCUT2D eigenvalue weighted by Crippen LogP contribution is 2.56. The summed E-state index contributed by atoms with van der Waals surface area (Å²) in [6.45, 7) is 10.4. The molecule has 18 heteroatoms. The number of carbonyl (C=O) groups is 1. The molecule has 2 fully saturated rings. The Morgan fingerprint density at radius 2 is 1.72 bits per heavy atom. The molecule has 3 aromatic carbocycles. The summed E-state index contributed by atoms with van der Waals surface area (Å²) in [7, 11) is -3.22. The summed E-state index contributed by atoms with van der Waals surface area (Å²) in [5.74, 6) is -1.26. The molecule has 3 aliphatic rings. The molecule has 1 unspecified atom stereocenters. The Balaban J connectivity index is 1.12. The minimum Gasteiger partial charge on any atom is -0.381 e. The monoisotopic (exact) mass is 891 g/mol. The Morgan fingerprint density at radius 3 is 2.38 bits per heavy atom. The fourth-order valence-corrected chi connectivity index (χ4v) is 10.9. The van der Waals surface area contributed by atoms with Crippen LogP contribution in [0.4, 0.5) is 8.78 Å². The van der Waals surface area contributed by atoms with Crippen molar-refractivity contribution in [3.8, 4) is 17.2 Å². The summed E-state index contributed by atoms with van der Waals surface area (Å²) in [6, 6.07) is 14.5. The molecule has 4 aromatic heterocycles. The molecule has 4 atom stereocenters. The molecule has 7 aromatic rings. The number of hydrogen-bond acceptors (Lipinski definition) is 9. The van der Waals surface area contributed by atoms with Crippen molar-refractivity contribution in [1.82, 2.24) is 38.5 Å². The van der Waals surface area contributed by atoms with Crippen molar-refractivity contribution in [2.24, 2.45) is 5.92 Å². The zero-order chi connectivity index (χ0) is 45.0. The van der Waals surface area contributed by atoms with Gasteiger partial charge in [-0.3, -0.25) is 23.4 Å². The minimum atomic E-state index is -3.22. The summed E-state index contributed by atoms with van der Waals surface area (Å²) in [5, 5.41) is 10.0. The van der Waals surface area contributed by atoms with Gasteiger partial charge in [0.05, 0.1) is 37.7 Å². The first-order valence-corrected chi connectivity index (χ1v) is 23.2. The van der Waals surface area contributed by atoms with E-state index in [4.69, 9.17) is 19.1 Å². The van der Waals surface area contributed by atoms with Crippen molar-refractivity contribution in [2.75, 3.05) is 25.5 Å². The summed E-state index contributed by atoms with van der Waals surface area (Å²) >= 11 is 0. The second-order valence-corrected chi connectivity index (χ2v) is 19.8. The predicted octanol–water partition coefficient (Wildman–Crippen LogP) is 7.20. The number of rotatable bonds is 9. The van der Waals surface area contributed by atoms with Crippen LogP contribution in [0.3, 0.4) is 0 Å². The third kappa shape index (κ3) is 6.43. The third-order valence-corrected chi connectivity index (χ3v) is 15.4. The van der Waals surface area contributed by atoms with Crippen molar-refractivity contribution in [2.45, 2.75) is 82.7 Å². The van der Waals surface area contributed by atoms with Crippen LogP contribution >= 0.6 is 0 Å². The van der Waals surface area contributed by atoms with Crippen LogP contribution in [0, 0.1) is 36.2 Å². The summed E-state index contributed by atoms with van der Waals surface area (Å²) in [5.41, 5.74) is 3.15. The van der Waals surface area contributed by atoms with Gasteiger partial charge < -0.3 is 14.2 Å². The SMILES string of the molecule is CCS(=N)(=O)c1ccc(-n2ccn(-c3c4c(nn3-c3cc(C)c(F)c(C)c3)CCN(C(=O)c3cc5cc(C6CCOCC6)ccc5n3[C@@]3(c5noc(=O)[nH]5)C[C@@H]3C)[C@H]4C)c2=O)c(F)c1. The van der Waals surface area contributed by atoms with E-state index in [1.54, 1.807) is 42.5 Å². The van der Waals surface area contributed by atoms with Gasteiger partial charge in [-0.25, -0.2) is 32.0 Å². The zero-order valence-corrected chi connectivity index (χ0v) is 36.8. The molecule has 1 saturated heterocycles. The van der Waals surface area contributed by atoms with E-state index >= 15 is 13.6 Å². The van der Waals surface area contributed by atoms with Gasteiger partial charge in [0.25, 0.3) is 5.91 Å². The second kappa shape index (κ2) is 15.1. The average Bonchev–Trinajstić information content (AvgIpc) is 3.78. The van der Waals surface area contributed by atoms with E-state index in [0.717, 1.165) is 39.9 Å². The van der Waals surface area contributed by atoms with Crippen molar-refractivity contribution < 1.29 is 27.0 Å². The molecule has 332 valence electrons. The summed E-state index contributed by atoms with van der Waals surface area (Å²) in [6.07, 6.45) is 5.59. The number of aromatic amines is 1. The van der Waals surface area contributed by atoms with Gasteiger partial charge in [-0.05, 0) is 117 Å². The number of ether oxygens (including phenoxy) is 1. The van der Waals surface area contributed by atoms with Gasteiger partial charge in [0.15, 0.2) is 5.82 Å². The standard InChI is InChI=1S/C46H47F2N9O6S/c1-6-64(49,61)33-8-10-37(34(47)23-33)54-15-16-55(45(54)60)41-39-28(5)53(14-11-35(39)51-57(41)32-19-25(2)40(48)26(3)20-32)42(58)38-22-31-21-30(29-12-17-62-18-13-29)7-9-36(31)56(38)46(24-27(46)4)43-50-44(59)63-52-43/h7-10,15-16,19-23,27-29,49H,6,11-14,17-18,24H2,1-5H3,(H,50,52,59)/t27-,28-,46-,64?/m0/s1. The first-order valence-electron chi connectivity index (χ1n) is 21.5. The van der Waals surface area contributed by atoms with Crippen LogP contribution in [0.2, 0.25) is 0 Å². The summed E-state index contributed by atoms with van der Waals surface area (Å²) in [4.78, 5) is 46.9. The van der Waals surface area contributed by atoms with Crippen LogP contribution in [0.5, 0.6) is 0 Å². The number of halogens is 2. The molecular weight excluding hydrogens is 845 g/mol. The predicted molar refractivity (Wildman–Crippen MR) is 233 cm³/mol. The maximum atomic E-state index is 15.8. The Labute approximate surface area is 366 Å². The molecule has 0 bridgehead atoms. The number of nitrogens with one attached hydrogen (secondary N) is 2. The van der Waals surface area contributed by atoms with E-state index in [1.165, 1.54) is 29.1 Å². The highest BCUT2D eigenvalue weighted by atomic mass is 32.2. The Hall–Kier alpha value is -6.40. The van der Waals surface area contributed by atoms with Crippen LogP contribution in [0.1, 0.15) is 96.3 Å². The molecule has 1 amide bonds. The number of amides is 1. The average molecular weight is 892 g/mol. The molecule has 2 aliphatic heterocycles. The third-order valence-electron chi connectivity index (χ3n) is 13.6. The molecule has 15 nitrogen and oxygen atoms in total. The number of hydrogen-bond donors (Lipinski definition) is 2. The largest absolute Gasteiger partial charge is 0.438 e. The zero-order valence-electron chi connectivity index (χ0n) is 36.0. The van der Waals surface area contributed by atoms with E-state index in [2.05, 4.69) is 22.3 Å². The lowest BCUT2D eigenvalue weighted by molar-refractivity contribution is 0.0663. The molecule has 0 radical (unpaired) electrons. The second-order valence-electron chi connectivity index (χ2n) is 17.4. The fraction of sp³-hybridized carbons (Fsp3) is 0.370. The highest BCUT2D eigenvalue weighted by Gasteiger charge is 2.59. The van der Waals surface area contributed by atoms with Crippen LogP contribution in [-0.2, 0) is 26.4 Å². The molecule has 64 heavy (non-hydrogen) atoms. The smallest absolute Gasteiger partial charge is 0.381 e. The Morgan fingerprint density at radius 1 is 1.00 bits per heavy atom. The van der Waals surface area contributed by atoms with Crippen molar-refractivity contribution in [3.63, 3.8) is 0 Å². The highest BCUT2D eigenvalue weighted by molar-refractivity contribution is 7.92. The van der Waals surface area contributed by atoms with Gasteiger partial charge in [0, 0.05) is 60.8 Å². The minimum absolute atomic E-state index is 0.000492. The van der Waals surface area contributed by atoms with E-state index in [1.807, 2.05) is 30.5 Å². The van der Waals surface area contributed by atoms with E-state index in [9.17, 15) is 13.8 Å². The molecule has 0 spiro atoms. The van der Waals surface area contributed by atoms with Gasteiger partial charge in [0.2, 0.25) is 0 Å². The van der Waals surface area contributed by atoms with Crippen LogP contribution in [0.15, 0.2) is 86.0 Å². The lowest BCUT2D eigenvalue weighted by atomic mass is 9.91. The van der Waals surface area contributed by atoms with Crippen molar-refractivity contribution in [3.05, 3.63) is 139 Å². The van der Waals surface area contributed by atoms with E-state index < -0.39 is 38.6 Å². The first-order chi connectivity index (χ1) is 30.6. The molecule has 1 aliphatic carbocycles. The van der Waals surface area contributed by atoms with Crippen molar-refractivity contribution >= 4 is 26.5 Å². The van der Waals surface area contributed by atoms with Gasteiger partial charge >= 0.3 is 11.4 Å². The van der Waals surface area contributed by atoms with Crippen LogP contribution < -0.4 is 11.4 Å². The number of aryl methyl sites for hydroxylation is 2. The Bertz CT molecular complexity index is 3260. The fourth-order valence-electron chi connectivity index (χ4n) is 9.99. The van der Waals surface area contributed by atoms with Crippen LogP contribution in [0.25, 0.3) is 28.1 Å².